The van der Waals surface area contributed by atoms with Crippen molar-refractivity contribution in [2.24, 2.45) is 23.2 Å². The van der Waals surface area contributed by atoms with Gasteiger partial charge >= 0.3 is 5.97 Å². The Balaban J connectivity index is 1.60. The zero-order valence-corrected chi connectivity index (χ0v) is 25.3. The van der Waals surface area contributed by atoms with Crippen molar-refractivity contribution in [3.8, 4) is 0 Å². The minimum atomic E-state index is -2.99. The lowest BCUT2D eigenvalue weighted by atomic mass is 9.82. The molecule has 5 atom stereocenters. The smallest absolute Gasteiger partial charge is 0.329 e. The molecule has 234 valence electrons. The molecule has 4 rings (SSSR count). The molecule has 2 saturated carbocycles. The number of amides is 3. The Kier molecular flexibility index (Phi) is 9.62. The number of hydrogen-bond donors (Lipinski definition) is 2. The second-order valence-corrected chi connectivity index (χ2v) is 13.0. The highest BCUT2D eigenvalue weighted by atomic mass is 19.3. The maximum atomic E-state index is 14.8. The van der Waals surface area contributed by atoms with Crippen LogP contribution in [0.4, 0.5) is 8.78 Å². The van der Waals surface area contributed by atoms with Crippen molar-refractivity contribution < 1.29 is 32.7 Å². The lowest BCUT2D eigenvalue weighted by Gasteiger charge is -2.38. The van der Waals surface area contributed by atoms with Gasteiger partial charge in [0.1, 0.15) is 18.1 Å². The number of aryl methyl sites for hydroxylation is 1. The van der Waals surface area contributed by atoms with Crippen LogP contribution < -0.4 is 10.6 Å². The molecule has 1 saturated heterocycles. The molecule has 0 spiro atoms. The molecule has 3 fully saturated rings. The van der Waals surface area contributed by atoms with E-state index in [0.717, 1.165) is 32.1 Å². The molecule has 0 aromatic carbocycles. The van der Waals surface area contributed by atoms with E-state index < -0.39 is 65.0 Å². The van der Waals surface area contributed by atoms with Gasteiger partial charge in [-0.2, -0.15) is 0 Å². The predicted molar refractivity (Wildman–Crippen MR) is 150 cm³/mol. The van der Waals surface area contributed by atoms with Gasteiger partial charge in [-0.1, -0.05) is 40.0 Å². The Morgan fingerprint density at radius 2 is 1.79 bits per heavy atom. The van der Waals surface area contributed by atoms with Gasteiger partial charge in [-0.15, -0.1) is 0 Å². The summed E-state index contributed by atoms with van der Waals surface area (Å²) >= 11 is 0. The number of imidazole rings is 1. The number of aromatic nitrogens is 2. The Hall–Kier alpha value is -3.05. The third-order valence-electron chi connectivity index (χ3n) is 9.17. The maximum Gasteiger partial charge on any atom is 0.329 e. The van der Waals surface area contributed by atoms with Gasteiger partial charge in [0, 0.05) is 43.7 Å². The van der Waals surface area contributed by atoms with Crippen LogP contribution in [0.15, 0.2) is 12.4 Å². The Morgan fingerprint density at radius 3 is 2.40 bits per heavy atom. The molecule has 12 heteroatoms. The van der Waals surface area contributed by atoms with Crippen molar-refractivity contribution >= 4 is 23.7 Å². The van der Waals surface area contributed by atoms with Gasteiger partial charge in [0.05, 0.1) is 6.61 Å². The van der Waals surface area contributed by atoms with Gasteiger partial charge < -0.3 is 24.8 Å². The Bertz CT molecular complexity index is 1160. The van der Waals surface area contributed by atoms with Crippen LogP contribution in [0.5, 0.6) is 0 Å². The van der Waals surface area contributed by atoms with E-state index in [1.807, 2.05) is 6.92 Å². The molecule has 1 aromatic rings. The number of nitrogens with one attached hydrogen (secondary N) is 2. The van der Waals surface area contributed by atoms with Crippen LogP contribution in [0.25, 0.3) is 0 Å². The summed E-state index contributed by atoms with van der Waals surface area (Å²) in [4.78, 5) is 59.7. The summed E-state index contributed by atoms with van der Waals surface area (Å²) in [6.07, 6.45) is 7.35. The number of carbonyl (C=O) groups is 4. The highest BCUT2D eigenvalue weighted by Crippen LogP contribution is 2.51. The third-order valence-corrected chi connectivity index (χ3v) is 9.17. The van der Waals surface area contributed by atoms with Crippen molar-refractivity contribution in [1.82, 2.24) is 25.1 Å². The number of alkyl halides is 2. The Labute approximate surface area is 246 Å². The third kappa shape index (κ3) is 6.46. The average molecular weight is 594 g/mol. The summed E-state index contributed by atoms with van der Waals surface area (Å²) in [5.41, 5.74) is -0.828. The number of hydrogen-bond acceptors (Lipinski definition) is 6. The summed E-state index contributed by atoms with van der Waals surface area (Å²) in [7, 11) is 0. The van der Waals surface area contributed by atoms with Crippen LogP contribution in [-0.4, -0.2) is 75.3 Å². The topological polar surface area (TPSA) is 123 Å². The molecule has 2 N–H and O–H groups in total. The first-order valence-corrected chi connectivity index (χ1v) is 15.3. The molecule has 2 heterocycles. The van der Waals surface area contributed by atoms with Crippen molar-refractivity contribution in [3.05, 3.63) is 18.2 Å². The highest BCUT2D eigenvalue weighted by molar-refractivity contribution is 5.97. The van der Waals surface area contributed by atoms with Gasteiger partial charge in [0.15, 0.2) is 5.82 Å². The fourth-order valence-electron chi connectivity index (χ4n) is 6.91. The molecule has 3 aliphatic rings. The van der Waals surface area contributed by atoms with Gasteiger partial charge in [0.25, 0.3) is 11.8 Å². The minimum absolute atomic E-state index is 0.0591. The number of fused-ring (bicyclic) bond motifs is 1. The van der Waals surface area contributed by atoms with Crippen LogP contribution in [-0.2, 0) is 25.7 Å². The lowest BCUT2D eigenvalue weighted by molar-refractivity contribution is -0.156. The molecule has 0 bridgehead atoms. The van der Waals surface area contributed by atoms with E-state index in [0.29, 0.717) is 6.54 Å². The van der Waals surface area contributed by atoms with E-state index in [2.05, 4.69) is 15.6 Å². The normalized spacial score (nSPS) is 25.4. The van der Waals surface area contributed by atoms with Gasteiger partial charge in [0.2, 0.25) is 11.8 Å². The van der Waals surface area contributed by atoms with E-state index in [4.69, 9.17) is 4.74 Å². The van der Waals surface area contributed by atoms with E-state index >= 15 is 0 Å². The molecule has 1 aromatic heterocycles. The van der Waals surface area contributed by atoms with Crippen molar-refractivity contribution in [1.29, 1.82) is 0 Å². The molecule has 42 heavy (non-hydrogen) atoms. The largest absolute Gasteiger partial charge is 0.464 e. The standard InChI is InChI=1S/C30H45F2N5O5/c1-6-36-16-15-33-24(36)26(39)34-21(18-11-9-8-10-12-18)25(38)35-23(29(3,4)5)27(40)37-17-20-19(13-14-30(20,31)32)22(37)28(41)42-7-2/h15-16,18-23H,6-14,17H2,1-5H3,(H,34,39)(H,35,38)/t19-,20-,21-,22-,23+/m0/s1. The molecule has 0 radical (unpaired) electrons. The second-order valence-electron chi connectivity index (χ2n) is 13.0. The second kappa shape index (κ2) is 12.7. The number of carbonyl (C=O) groups excluding carboxylic acids is 4. The maximum absolute atomic E-state index is 14.8. The van der Waals surface area contributed by atoms with Crippen LogP contribution in [0, 0.1) is 23.2 Å². The van der Waals surface area contributed by atoms with E-state index in [1.165, 1.54) is 11.1 Å². The average Bonchev–Trinajstić information content (AvgIpc) is 3.65. The number of rotatable bonds is 9. The number of likely N-dealkylation sites (tertiary alicyclic amines) is 1. The summed E-state index contributed by atoms with van der Waals surface area (Å²) in [6.45, 7) is 9.13. The lowest BCUT2D eigenvalue weighted by Crippen LogP contribution is -2.61. The van der Waals surface area contributed by atoms with Crippen molar-refractivity contribution in [2.75, 3.05) is 13.2 Å². The van der Waals surface area contributed by atoms with Crippen LogP contribution in [0.3, 0.4) is 0 Å². The van der Waals surface area contributed by atoms with Crippen LogP contribution >= 0.6 is 0 Å². The van der Waals surface area contributed by atoms with Crippen LogP contribution in [0.1, 0.15) is 90.2 Å². The molecule has 1 aliphatic heterocycles. The zero-order valence-electron chi connectivity index (χ0n) is 25.3. The van der Waals surface area contributed by atoms with Gasteiger partial charge in [-0.3, -0.25) is 14.4 Å². The number of ether oxygens (including phenoxy) is 1. The van der Waals surface area contributed by atoms with Gasteiger partial charge in [-0.25, -0.2) is 18.6 Å². The molecule has 0 unspecified atom stereocenters. The SMILES string of the molecule is CCOC(=O)[C@@H]1[C@H]2CCC(F)(F)[C@H]2CN1C(=O)[C@@H](NC(=O)[C@@H](NC(=O)c1nccn1CC)C1CCCCC1)C(C)(C)C. The van der Waals surface area contributed by atoms with Crippen molar-refractivity contribution in [3.63, 3.8) is 0 Å². The summed E-state index contributed by atoms with van der Waals surface area (Å²) < 4.78 is 36.5. The molecular weight excluding hydrogens is 548 g/mol. The summed E-state index contributed by atoms with van der Waals surface area (Å²) in [6, 6.07) is -3.19. The van der Waals surface area contributed by atoms with E-state index in [9.17, 15) is 28.0 Å². The highest BCUT2D eigenvalue weighted by Gasteiger charge is 2.62. The van der Waals surface area contributed by atoms with E-state index in [-0.39, 0.29) is 37.7 Å². The van der Waals surface area contributed by atoms with Crippen molar-refractivity contribution in [2.45, 2.75) is 110 Å². The monoisotopic (exact) mass is 593 g/mol. The molecule has 10 nitrogen and oxygen atoms in total. The molecule has 3 amide bonds. The fourth-order valence-corrected chi connectivity index (χ4v) is 6.91. The van der Waals surface area contributed by atoms with Crippen LogP contribution in [0.2, 0.25) is 0 Å². The summed E-state index contributed by atoms with van der Waals surface area (Å²) in [5.74, 6) is -7.11. The number of halogens is 2. The molecule has 2 aliphatic carbocycles. The molecular formula is C30H45F2N5O5. The summed E-state index contributed by atoms with van der Waals surface area (Å²) in [5, 5.41) is 5.76. The first-order chi connectivity index (χ1) is 19.8. The minimum Gasteiger partial charge on any atom is -0.464 e. The predicted octanol–water partition coefficient (Wildman–Crippen LogP) is 3.55. The van der Waals surface area contributed by atoms with Gasteiger partial charge in [-0.05, 0) is 44.4 Å². The number of esters is 1. The first-order valence-electron chi connectivity index (χ1n) is 15.3. The zero-order chi connectivity index (χ0) is 30.8. The fraction of sp³-hybridized carbons (Fsp3) is 0.767. The quantitative estimate of drug-likeness (QED) is 0.423. The Morgan fingerprint density at radius 1 is 1.10 bits per heavy atom. The first kappa shape index (κ1) is 31.9. The van der Waals surface area contributed by atoms with E-state index in [1.54, 1.807) is 38.5 Å². The number of nitrogens with zero attached hydrogens (tertiary/aromatic N) is 3.